The minimum absolute atomic E-state index is 0.261. The van der Waals surface area contributed by atoms with Gasteiger partial charge in [0.2, 0.25) is 11.9 Å². The van der Waals surface area contributed by atoms with Gasteiger partial charge in [-0.25, -0.2) is 0 Å². The highest BCUT2D eigenvalue weighted by atomic mass is 32.1. The molecule has 2 aliphatic rings. The van der Waals surface area contributed by atoms with Crippen LogP contribution in [0.2, 0.25) is 0 Å². The maximum absolute atomic E-state index is 6.00. The fourth-order valence-corrected chi connectivity index (χ4v) is 5.03. The minimum Gasteiger partial charge on any atom is -0.368 e. The summed E-state index contributed by atoms with van der Waals surface area (Å²) in [4.78, 5) is 17.5. The number of hydrogen-bond acceptors (Lipinski definition) is 7. The predicted molar refractivity (Wildman–Crippen MR) is 113 cm³/mol. The van der Waals surface area contributed by atoms with Crippen molar-refractivity contribution in [1.82, 2.24) is 19.9 Å². The molecule has 1 aliphatic carbocycles. The molecule has 2 aromatic heterocycles. The van der Waals surface area contributed by atoms with E-state index in [2.05, 4.69) is 49.6 Å². The third kappa shape index (κ3) is 3.47. The first kappa shape index (κ1) is 17.6. The first-order valence-electron chi connectivity index (χ1n) is 9.81. The third-order valence-electron chi connectivity index (χ3n) is 5.62. The van der Waals surface area contributed by atoms with Crippen molar-refractivity contribution in [2.45, 2.75) is 38.8 Å². The summed E-state index contributed by atoms with van der Waals surface area (Å²) in [7, 11) is 0. The van der Waals surface area contributed by atoms with E-state index in [9.17, 15) is 0 Å². The van der Waals surface area contributed by atoms with Crippen LogP contribution >= 0.6 is 11.3 Å². The van der Waals surface area contributed by atoms with Crippen LogP contribution in [0, 0.1) is 12.8 Å². The number of fused-ring (bicyclic) bond motifs is 1. The van der Waals surface area contributed by atoms with Gasteiger partial charge in [-0.05, 0) is 60.7 Å². The Balaban J connectivity index is 1.39. The van der Waals surface area contributed by atoms with Crippen LogP contribution in [0.15, 0.2) is 35.7 Å². The lowest BCUT2D eigenvalue weighted by atomic mass is 9.96. The highest BCUT2D eigenvalue weighted by molar-refractivity contribution is 7.10. The number of anilines is 3. The lowest BCUT2D eigenvalue weighted by Gasteiger charge is -2.35. The SMILES string of the molecule is Cc1ccccc1Nc1nc(N)nc(CN2CCc3sccc3C2C2CC2)n1. The minimum atomic E-state index is 0.261. The van der Waals surface area contributed by atoms with E-state index < -0.39 is 0 Å². The second-order valence-corrected chi connectivity index (χ2v) is 8.68. The average Bonchev–Trinajstić information content (AvgIpc) is 3.39. The van der Waals surface area contributed by atoms with E-state index in [1.165, 1.54) is 18.4 Å². The fourth-order valence-electron chi connectivity index (χ4n) is 4.12. The van der Waals surface area contributed by atoms with E-state index in [1.54, 1.807) is 4.88 Å². The summed E-state index contributed by atoms with van der Waals surface area (Å²) >= 11 is 1.89. The van der Waals surface area contributed by atoms with E-state index in [1.807, 2.05) is 29.5 Å². The number of nitrogens with two attached hydrogens (primary N) is 1. The molecular weight excluding hydrogens is 368 g/mol. The van der Waals surface area contributed by atoms with Gasteiger partial charge in [-0.15, -0.1) is 11.3 Å². The molecule has 1 aromatic carbocycles. The highest BCUT2D eigenvalue weighted by Gasteiger charge is 2.40. The molecule has 1 aliphatic heterocycles. The number of aryl methyl sites for hydroxylation is 1. The molecule has 0 spiro atoms. The van der Waals surface area contributed by atoms with Gasteiger partial charge in [0.15, 0.2) is 0 Å². The van der Waals surface area contributed by atoms with Gasteiger partial charge in [0.05, 0.1) is 6.54 Å². The van der Waals surface area contributed by atoms with E-state index in [4.69, 9.17) is 5.73 Å². The first-order valence-corrected chi connectivity index (χ1v) is 10.7. The number of nitrogens with one attached hydrogen (secondary N) is 1. The molecule has 0 amide bonds. The van der Waals surface area contributed by atoms with Gasteiger partial charge in [0.1, 0.15) is 5.82 Å². The van der Waals surface area contributed by atoms with Crippen LogP contribution in [0.3, 0.4) is 0 Å². The maximum Gasteiger partial charge on any atom is 0.232 e. The van der Waals surface area contributed by atoms with E-state index >= 15 is 0 Å². The summed E-state index contributed by atoms with van der Waals surface area (Å²) in [6.07, 6.45) is 3.73. The van der Waals surface area contributed by atoms with Crippen molar-refractivity contribution in [3.05, 3.63) is 57.5 Å². The smallest absolute Gasteiger partial charge is 0.232 e. The normalized spacial score (nSPS) is 19.4. The van der Waals surface area contributed by atoms with Crippen LogP contribution in [0.4, 0.5) is 17.6 Å². The molecule has 6 nitrogen and oxygen atoms in total. The molecule has 0 saturated heterocycles. The van der Waals surface area contributed by atoms with Crippen LogP contribution in [0.25, 0.3) is 0 Å². The van der Waals surface area contributed by atoms with Crippen LogP contribution in [-0.2, 0) is 13.0 Å². The molecule has 0 bridgehead atoms. The quantitative estimate of drug-likeness (QED) is 0.681. The summed E-state index contributed by atoms with van der Waals surface area (Å²) in [5, 5.41) is 5.52. The number of rotatable bonds is 5. The van der Waals surface area contributed by atoms with Crippen molar-refractivity contribution in [3.8, 4) is 0 Å². The molecule has 0 radical (unpaired) electrons. The van der Waals surface area contributed by atoms with Crippen molar-refractivity contribution in [3.63, 3.8) is 0 Å². The molecule has 3 heterocycles. The maximum atomic E-state index is 6.00. The van der Waals surface area contributed by atoms with Crippen LogP contribution in [0.1, 0.15) is 40.7 Å². The number of nitrogens with zero attached hydrogens (tertiary/aromatic N) is 4. The third-order valence-corrected chi connectivity index (χ3v) is 6.62. The standard InChI is InChI=1S/C21H24N6S/c1-13-4-2-3-5-16(13)23-21-25-18(24-20(22)26-21)12-27-10-8-17-15(9-11-28-17)19(27)14-6-7-14/h2-5,9,11,14,19H,6-8,10,12H2,1H3,(H3,22,23,24,25,26). The fraction of sp³-hybridized carbons (Fsp3) is 0.381. The Labute approximate surface area is 168 Å². The van der Waals surface area contributed by atoms with E-state index in [-0.39, 0.29) is 5.95 Å². The summed E-state index contributed by atoms with van der Waals surface area (Å²) < 4.78 is 0. The van der Waals surface area contributed by atoms with Crippen molar-refractivity contribution in [2.24, 2.45) is 5.92 Å². The summed E-state index contributed by atoms with van der Waals surface area (Å²) in [6.45, 7) is 3.80. The number of nitrogen functional groups attached to an aromatic ring is 1. The van der Waals surface area contributed by atoms with Crippen molar-refractivity contribution >= 4 is 28.9 Å². The zero-order valence-electron chi connectivity index (χ0n) is 15.9. The molecule has 1 saturated carbocycles. The van der Waals surface area contributed by atoms with Crippen molar-refractivity contribution < 1.29 is 0 Å². The lowest BCUT2D eigenvalue weighted by molar-refractivity contribution is 0.154. The Morgan fingerprint density at radius 2 is 2.04 bits per heavy atom. The number of para-hydroxylation sites is 1. The molecule has 3 aromatic rings. The molecule has 1 fully saturated rings. The van der Waals surface area contributed by atoms with Gasteiger partial charge in [-0.2, -0.15) is 15.0 Å². The molecule has 1 unspecified atom stereocenters. The van der Waals surface area contributed by atoms with Gasteiger partial charge in [0, 0.05) is 23.2 Å². The lowest BCUT2D eigenvalue weighted by Crippen LogP contribution is -2.36. The highest BCUT2D eigenvalue weighted by Crippen LogP contribution is 2.48. The Kier molecular flexibility index (Phi) is 4.49. The number of aromatic nitrogens is 3. The Bertz CT molecular complexity index is 996. The van der Waals surface area contributed by atoms with Gasteiger partial charge in [-0.3, -0.25) is 4.90 Å². The predicted octanol–water partition coefficient (Wildman–Crippen LogP) is 4.08. The first-order chi connectivity index (χ1) is 13.7. The Hall–Kier alpha value is -2.51. The summed E-state index contributed by atoms with van der Waals surface area (Å²) in [5.74, 6) is 2.26. The van der Waals surface area contributed by atoms with Gasteiger partial charge in [-0.1, -0.05) is 18.2 Å². The van der Waals surface area contributed by atoms with Gasteiger partial charge < -0.3 is 11.1 Å². The van der Waals surface area contributed by atoms with Gasteiger partial charge in [0.25, 0.3) is 0 Å². The van der Waals surface area contributed by atoms with E-state index in [0.717, 1.165) is 36.0 Å². The van der Waals surface area contributed by atoms with Crippen LogP contribution < -0.4 is 11.1 Å². The van der Waals surface area contributed by atoms with Gasteiger partial charge >= 0.3 is 0 Å². The average molecular weight is 393 g/mol. The van der Waals surface area contributed by atoms with Crippen molar-refractivity contribution in [2.75, 3.05) is 17.6 Å². The Morgan fingerprint density at radius 3 is 2.86 bits per heavy atom. The Morgan fingerprint density at radius 1 is 1.18 bits per heavy atom. The zero-order chi connectivity index (χ0) is 19.1. The summed E-state index contributed by atoms with van der Waals surface area (Å²) in [5.41, 5.74) is 9.64. The zero-order valence-corrected chi connectivity index (χ0v) is 16.7. The molecule has 1 atom stereocenters. The largest absolute Gasteiger partial charge is 0.368 e. The topological polar surface area (TPSA) is 80.0 Å². The molecule has 144 valence electrons. The second-order valence-electron chi connectivity index (χ2n) is 7.68. The monoisotopic (exact) mass is 392 g/mol. The molecular formula is C21H24N6S. The van der Waals surface area contributed by atoms with Crippen LogP contribution in [-0.4, -0.2) is 26.4 Å². The number of benzene rings is 1. The number of thiophene rings is 1. The van der Waals surface area contributed by atoms with Crippen molar-refractivity contribution in [1.29, 1.82) is 0 Å². The molecule has 28 heavy (non-hydrogen) atoms. The summed E-state index contributed by atoms with van der Waals surface area (Å²) in [6, 6.07) is 10.9. The second kappa shape index (κ2) is 7.14. The molecule has 5 rings (SSSR count). The number of hydrogen-bond donors (Lipinski definition) is 2. The van der Waals surface area contributed by atoms with E-state index in [0.29, 0.717) is 18.5 Å². The van der Waals surface area contributed by atoms with Crippen LogP contribution in [0.5, 0.6) is 0 Å². The molecule has 7 heteroatoms. The molecule has 3 N–H and O–H groups in total.